The summed E-state index contributed by atoms with van der Waals surface area (Å²) in [5, 5.41) is 3.12. The van der Waals surface area contributed by atoms with Crippen molar-refractivity contribution in [1.29, 1.82) is 0 Å². The van der Waals surface area contributed by atoms with Crippen LogP contribution in [0.5, 0.6) is 5.75 Å². The van der Waals surface area contributed by atoms with Crippen LogP contribution in [0, 0.1) is 0 Å². The van der Waals surface area contributed by atoms with E-state index >= 15 is 0 Å². The number of ether oxygens (including phenoxy) is 2. The standard InChI is InChI=1S/C15H22F3NO2/c1-4-19-14(10-21-11(3)15(16,17)18)12-6-8-13(9-7-12)20-5-2/h6-9,11,14,19H,4-5,10H2,1-3H3. The van der Waals surface area contributed by atoms with E-state index in [2.05, 4.69) is 5.32 Å². The largest absolute Gasteiger partial charge is 0.494 e. The Morgan fingerprint density at radius 1 is 1.14 bits per heavy atom. The van der Waals surface area contributed by atoms with E-state index in [9.17, 15) is 13.2 Å². The first-order valence-electron chi connectivity index (χ1n) is 7.02. The van der Waals surface area contributed by atoms with Crippen molar-refractivity contribution in [2.24, 2.45) is 0 Å². The molecule has 1 aromatic rings. The van der Waals surface area contributed by atoms with Gasteiger partial charge in [-0.2, -0.15) is 13.2 Å². The summed E-state index contributed by atoms with van der Waals surface area (Å²) < 4.78 is 47.7. The maximum Gasteiger partial charge on any atom is 0.414 e. The molecule has 0 radical (unpaired) electrons. The molecule has 0 aliphatic rings. The number of nitrogens with one attached hydrogen (secondary N) is 1. The van der Waals surface area contributed by atoms with E-state index in [0.29, 0.717) is 13.2 Å². The van der Waals surface area contributed by atoms with Crippen molar-refractivity contribution in [2.45, 2.75) is 39.1 Å². The molecular weight excluding hydrogens is 283 g/mol. The van der Waals surface area contributed by atoms with Crippen molar-refractivity contribution in [2.75, 3.05) is 19.8 Å². The van der Waals surface area contributed by atoms with Crippen LogP contribution in [0.4, 0.5) is 13.2 Å². The van der Waals surface area contributed by atoms with Gasteiger partial charge in [-0.25, -0.2) is 0 Å². The number of rotatable bonds is 8. The van der Waals surface area contributed by atoms with Gasteiger partial charge in [0.15, 0.2) is 6.10 Å². The number of benzene rings is 1. The van der Waals surface area contributed by atoms with E-state index in [1.54, 1.807) is 12.1 Å². The molecule has 21 heavy (non-hydrogen) atoms. The Bertz CT molecular complexity index is 406. The molecule has 3 nitrogen and oxygen atoms in total. The summed E-state index contributed by atoms with van der Waals surface area (Å²) in [5.41, 5.74) is 0.870. The van der Waals surface area contributed by atoms with E-state index in [0.717, 1.165) is 18.2 Å². The maximum absolute atomic E-state index is 12.5. The van der Waals surface area contributed by atoms with Gasteiger partial charge in [-0.3, -0.25) is 0 Å². The summed E-state index contributed by atoms with van der Waals surface area (Å²) in [6.07, 6.45) is -6.11. The molecule has 2 atom stereocenters. The van der Waals surface area contributed by atoms with Crippen molar-refractivity contribution in [3.8, 4) is 5.75 Å². The van der Waals surface area contributed by atoms with Gasteiger partial charge in [0, 0.05) is 0 Å². The quantitative estimate of drug-likeness (QED) is 0.794. The zero-order valence-electron chi connectivity index (χ0n) is 12.5. The molecule has 1 N–H and O–H groups in total. The van der Waals surface area contributed by atoms with Gasteiger partial charge in [0.25, 0.3) is 0 Å². The van der Waals surface area contributed by atoms with Crippen LogP contribution in [0.2, 0.25) is 0 Å². The third-order valence-corrected chi connectivity index (χ3v) is 3.02. The summed E-state index contributed by atoms with van der Waals surface area (Å²) >= 11 is 0. The van der Waals surface area contributed by atoms with Crippen LogP contribution in [0.1, 0.15) is 32.4 Å². The molecule has 2 unspecified atom stereocenters. The van der Waals surface area contributed by atoms with Crippen molar-refractivity contribution in [3.05, 3.63) is 29.8 Å². The molecule has 0 bridgehead atoms. The number of alkyl halides is 3. The summed E-state index contributed by atoms with van der Waals surface area (Å²) in [6.45, 7) is 5.98. The molecule has 120 valence electrons. The predicted octanol–water partition coefficient (Wildman–Crippen LogP) is 3.70. The first kappa shape index (κ1) is 17.8. The van der Waals surface area contributed by atoms with Crippen LogP contribution in [0.3, 0.4) is 0 Å². The number of halogens is 3. The Morgan fingerprint density at radius 3 is 2.24 bits per heavy atom. The van der Waals surface area contributed by atoms with Crippen LogP contribution in [-0.4, -0.2) is 32.0 Å². The lowest BCUT2D eigenvalue weighted by Gasteiger charge is -2.22. The average Bonchev–Trinajstić information content (AvgIpc) is 2.43. The van der Waals surface area contributed by atoms with Crippen molar-refractivity contribution in [3.63, 3.8) is 0 Å². The van der Waals surface area contributed by atoms with Gasteiger partial charge in [-0.05, 0) is 38.1 Å². The minimum Gasteiger partial charge on any atom is -0.494 e. The molecule has 0 amide bonds. The van der Waals surface area contributed by atoms with E-state index < -0.39 is 12.3 Å². The molecule has 0 saturated heterocycles. The topological polar surface area (TPSA) is 30.5 Å². The Balaban J connectivity index is 2.68. The molecule has 0 saturated carbocycles. The van der Waals surface area contributed by atoms with Gasteiger partial charge >= 0.3 is 6.18 Å². The molecule has 0 heterocycles. The summed E-state index contributed by atoms with van der Waals surface area (Å²) in [7, 11) is 0. The van der Waals surface area contributed by atoms with Crippen LogP contribution < -0.4 is 10.1 Å². The van der Waals surface area contributed by atoms with Gasteiger partial charge in [0.1, 0.15) is 5.75 Å². The average molecular weight is 305 g/mol. The lowest BCUT2D eigenvalue weighted by atomic mass is 10.1. The van der Waals surface area contributed by atoms with Crippen LogP contribution in [-0.2, 0) is 4.74 Å². The Labute approximate surface area is 123 Å². The molecule has 0 fully saturated rings. The van der Waals surface area contributed by atoms with E-state index in [1.807, 2.05) is 26.0 Å². The minimum atomic E-state index is -4.34. The van der Waals surface area contributed by atoms with Crippen molar-refractivity contribution < 1.29 is 22.6 Å². The fraction of sp³-hybridized carbons (Fsp3) is 0.600. The van der Waals surface area contributed by atoms with Crippen LogP contribution in [0.25, 0.3) is 0 Å². The monoisotopic (exact) mass is 305 g/mol. The van der Waals surface area contributed by atoms with Gasteiger partial charge in [-0.15, -0.1) is 0 Å². The van der Waals surface area contributed by atoms with Crippen LogP contribution in [0.15, 0.2) is 24.3 Å². The van der Waals surface area contributed by atoms with Gasteiger partial charge in [0.2, 0.25) is 0 Å². The van der Waals surface area contributed by atoms with Crippen molar-refractivity contribution in [1.82, 2.24) is 5.32 Å². The second-order valence-electron chi connectivity index (χ2n) is 4.63. The molecule has 1 rings (SSSR count). The number of hydrogen-bond donors (Lipinski definition) is 1. The Morgan fingerprint density at radius 2 is 1.76 bits per heavy atom. The Hall–Kier alpha value is -1.27. The molecule has 1 aromatic carbocycles. The van der Waals surface area contributed by atoms with E-state index in [1.165, 1.54) is 0 Å². The van der Waals surface area contributed by atoms with Gasteiger partial charge in [-0.1, -0.05) is 19.1 Å². The highest BCUT2D eigenvalue weighted by Gasteiger charge is 2.37. The minimum absolute atomic E-state index is 0.0392. The van der Waals surface area contributed by atoms with Crippen LogP contribution >= 0.6 is 0 Å². The molecular formula is C15H22F3NO2. The zero-order valence-corrected chi connectivity index (χ0v) is 12.5. The van der Waals surface area contributed by atoms with Crippen molar-refractivity contribution >= 4 is 0 Å². The third-order valence-electron chi connectivity index (χ3n) is 3.02. The summed E-state index contributed by atoms with van der Waals surface area (Å²) in [4.78, 5) is 0. The summed E-state index contributed by atoms with van der Waals surface area (Å²) in [5.74, 6) is 0.737. The fourth-order valence-corrected chi connectivity index (χ4v) is 1.82. The number of likely N-dealkylation sites (N-methyl/N-ethyl adjacent to an activating group) is 1. The molecule has 6 heteroatoms. The highest BCUT2D eigenvalue weighted by molar-refractivity contribution is 5.29. The normalized spacial score (nSPS) is 14.8. The number of hydrogen-bond acceptors (Lipinski definition) is 3. The fourth-order valence-electron chi connectivity index (χ4n) is 1.82. The van der Waals surface area contributed by atoms with Gasteiger partial charge < -0.3 is 14.8 Å². The second-order valence-corrected chi connectivity index (χ2v) is 4.63. The first-order chi connectivity index (χ1) is 9.88. The predicted molar refractivity (Wildman–Crippen MR) is 75.5 cm³/mol. The zero-order chi connectivity index (χ0) is 15.9. The molecule has 0 aliphatic heterocycles. The van der Waals surface area contributed by atoms with E-state index in [4.69, 9.17) is 9.47 Å². The Kier molecular flexibility index (Phi) is 6.98. The second kappa shape index (κ2) is 8.24. The van der Waals surface area contributed by atoms with E-state index in [-0.39, 0.29) is 12.6 Å². The third kappa shape index (κ3) is 5.93. The van der Waals surface area contributed by atoms with Gasteiger partial charge in [0.05, 0.1) is 19.3 Å². The highest BCUT2D eigenvalue weighted by atomic mass is 19.4. The lowest BCUT2D eigenvalue weighted by Crippen LogP contribution is -2.33. The molecule has 0 aliphatic carbocycles. The smallest absolute Gasteiger partial charge is 0.414 e. The lowest BCUT2D eigenvalue weighted by molar-refractivity contribution is -0.215. The molecule has 0 aromatic heterocycles. The molecule has 0 spiro atoms. The summed E-state index contributed by atoms with van der Waals surface area (Å²) in [6, 6.07) is 6.99. The maximum atomic E-state index is 12.5. The highest BCUT2D eigenvalue weighted by Crippen LogP contribution is 2.24. The SMILES string of the molecule is CCNC(COC(C)C(F)(F)F)c1ccc(OCC)cc1. The first-order valence-corrected chi connectivity index (χ1v) is 7.02.